The molecule has 110 valence electrons. The van der Waals surface area contributed by atoms with Crippen molar-refractivity contribution in [2.75, 3.05) is 18.9 Å². The average molecular weight is 276 g/mol. The molecule has 0 unspecified atom stereocenters. The zero-order valence-corrected chi connectivity index (χ0v) is 11.9. The second-order valence-corrected chi connectivity index (χ2v) is 5.36. The van der Waals surface area contributed by atoms with Crippen molar-refractivity contribution in [2.24, 2.45) is 0 Å². The molecule has 1 aromatic rings. The smallest absolute Gasteiger partial charge is 0.251 e. The van der Waals surface area contributed by atoms with Crippen molar-refractivity contribution in [2.45, 2.75) is 44.6 Å². The van der Waals surface area contributed by atoms with Crippen LogP contribution in [0.25, 0.3) is 0 Å². The zero-order valence-electron chi connectivity index (χ0n) is 11.9. The summed E-state index contributed by atoms with van der Waals surface area (Å²) in [5.74, 6) is -0.0531. The third kappa shape index (κ3) is 4.85. The van der Waals surface area contributed by atoms with Gasteiger partial charge in [-0.1, -0.05) is 19.3 Å². The van der Waals surface area contributed by atoms with Crippen LogP contribution in [0.1, 0.15) is 48.9 Å². The average Bonchev–Trinajstić information content (AvgIpc) is 2.48. The van der Waals surface area contributed by atoms with E-state index in [0.717, 1.165) is 13.0 Å². The van der Waals surface area contributed by atoms with E-state index >= 15 is 0 Å². The predicted molar refractivity (Wildman–Crippen MR) is 80.6 cm³/mol. The molecule has 3 N–H and O–H groups in total. The molecule has 1 fully saturated rings. The Kier molecular flexibility index (Phi) is 5.87. The Bertz CT molecular complexity index is 411. The van der Waals surface area contributed by atoms with Crippen molar-refractivity contribution >= 4 is 11.6 Å². The summed E-state index contributed by atoms with van der Waals surface area (Å²) in [7, 11) is 0. The van der Waals surface area contributed by atoms with Crippen LogP contribution in [-0.2, 0) is 4.74 Å². The molecule has 0 spiro atoms. The summed E-state index contributed by atoms with van der Waals surface area (Å²) in [6.07, 6.45) is 7.61. The minimum absolute atomic E-state index is 0.0531. The Morgan fingerprint density at radius 1 is 1.20 bits per heavy atom. The SMILES string of the molecule is Nc1ccc(C(=O)NCCCOC2CCCCC2)cc1. The molecule has 2 rings (SSSR count). The number of rotatable bonds is 6. The van der Waals surface area contributed by atoms with Crippen LogP contribution in [-0.4, -0.2) is 25.2 Å². The highest BCUT2D eigenvalue weighted by molar-refractivity contribution is 5.94. The van der Waals surface area contributed by atoms with Crippen LogP contribution in [0.4, 0.5) is 5.69 Å². The monoisotopic (exact) mass is 276 g/mol. The minimum atomic E-state index is -0.0531. The van der Waals surface area contributed by atoms with Crippen LogP contribution in [0.15, 0.2) is 24.3 Å². The van der Waals surface area contributed by atoms with E-state index in [0.29, 0.717) is 23.9 Å². The molecule has 0 saturated heterocycles. The van der Waals surface area contributed by atoms with E-state index < -0.39 is 0 Å². The van der Waals surface area contributed by atoms with E-state index in [9.17, 15) is 4.79 Å². The van der Waals surface area contributed by atoms with Gasteiger partial charge >= 0.3 is 0 Å². The molecule has 0 heterocycles. The van der Waals surface area contributed by atoms with Gasteiger partial charge in [-0.3, -0.25) is 4.79 Å². The number of ether oxygens (including phenoxy) is 1. The molecule has 0 atom stereocenters. The van der Waals surface area contributed by atoms with Crippen LogP contribution in [0.5, 0.6) is 0 Å². The highest BCUT2D eigenvalue weighted by Crippen LogP contribution is 2.20. The van der Waals surface area contributed by atoms with Crippen molar-refractivity contribution in [1.29, 1.82) is 0 Å². The second kappa shape index (κ2) is 7.90. The van der Waals surface area contributed by atoms with Gasteiger partial charge in [0.1, 0.15) is 0 Å². The maximum atomic E-state index is 11.8. The molecule has 0 bridgehead atoms. The molecule has 1 amide bonds. The van der Waals surface area contributed by atoms with E-state index in [1.807, 2.05) is 0 Å². The number of carbonyl (C=O) groups is 1. The van der Waals surface area contributed by atoms with Gasteiger partial charge < -0.3 is 15.8 Å². The van der Waals surface area contributed by atoms with E-state index in [2.05, 4.69) is 5.32 Å². The number of amides is 1. The van der Waals surface area contributed by atoms with Gasteiger partial charge in [0.05, 0.1) is 6.10 Å². The topological polar surface area (TPSA) is 64.4 Å². The zero-order chi connectivity index (χ0) is 14.2. The fourth-order valence-electron chi connectivity index (χ4n) is 2.49. The minimum Gasteiger partial charge on any atom is -0.399 e. The molecular weight excluding hydrogens is 252 g/mol. The third-order valence-corrected chi connectivity index (χ3v) is 3.69. The fourth-order valence-corrected chi connectivity index (χ4v) is 2.49. The lowest BCUT2D eigenvalue weighted by Crippen LogP contribution is -2.26. The largest absolute Gasteiger partial charge is 0.399 e. The second-order valence-electron chi connectivity index (χ2n) is 5.36. The summed E-state index contributed by atoms with van der Waals surface area (Å²) in [6.45, 7) is 1.38. The van der Waals surface area contributed by atoms with E-state index in [-0.39, 0.29) is 5.91 Å². The van der Waals surface area contributed by atoms with Gasteiger partial charge in [-0.25, -0.2) is 0 Å². The maximum absolute atomic E-state index is 11.8. The highest BCUT2D eigenvalue weighted by atomic mass is 16.5. The fraction of sp³-hybridized carbons (Fsp3) is 0.562. The molecule has 0 radical (unpaired) electrons. The van der Waals surface area contributed by atoms with Crippen LogP contribution in [0, 0.1) is 0 Å². The van der Waals surface area contributed by atoms with Crippen molar-refractivity contribution in [3.63, 3.8) is 0 Å². The number of nitrogens with two attached hydrogens (primary N) is 1. The molecule has 1 aromatic carbocycles. The van der Waals surface area contributed by atoms with E-state index in [4.69, 9.17) is 10.5 Å². The number of hydrogen-bond acceptors (Lipinski definition) is 3. The van der Waals surface area contributed by atoms with Crippen LogP contribution in [0.2, 0.25) is 0 Å². The van der Waals surface area contributed by atoms with Gasteiger partial charge in [-0.15, -0.1) is 0 Å². The summed E-state index contributed by atoms with van der Waals surface area (Å²) in [4.78, 5) is 11.8. The Hall–Kier alpha value is -1.55. The predicted octanol–water partition coefficient (Wildman–Crippen LogP) is 2.74. The van der Waals surface area contributed by atoms with Crippen molar-refractivity contribution in [3.8, 4) is 0 Å². The quantitative estimate of drug-likeness (QED) is 0.620. The number of anilines is 1. The Balaban J connectivity index is 1.58. The van der Waals surface area contributed by atoms with Gasteiger partial charge in [-0.05, 0) is 43.5 Å². The molecule has 0 aliphatic heterocycles. The van der Waals surface area contributed by atoms with Gasteiger partial charge in [0.15, 0.2) is 0 Å². The summed E-state index contributed by atoms with van der Waals surface area (Å²) in [6, 6.07) is 6.95. The molecule has 0 aromatic heterocycles. The van der Waals surface area contributed by atoms with Crippen LogP contribution < -0.4 is 11.1 Å². The lowest BCUT2D eigenvalue weighted by molar-refractivity contribution is 0.0273. The van der Waals surface area contributed by atoms with Gasteiger partial charge in [0, 0.05) is 24.4 Å². The Morgan fingerprint density at radius 3 is 2.60 bits per heavy atom. The third-order valence-electron chi connectivity index (χ3n) is 3.69. The van der Waals surface area contributed by atoms with Crippen molar-refractivity contribution < 1.29 is 9.53 Å². The number of hydrogen-bond donors (Lipinski definition) is 2. The van der Waals surface area contributed by atoms with Crippen molar-refractivity contribution in [3.05, 3.63) is 29.8 Å². The first kappa shape index (κ1) is 14.9. The molecule has 1 aliphatic carbocycles. The Labute approximate surface area is 120 Å². The lowest BCUT2D eigenvalue weighted by Gasteiger charge is -2.21. The molecule has 1 saturated carbocycles. The van der Waals surface area contributed by atoms with Gasteiger partial charge in [0.2, 0.25) is 0 Å². The van der Waals surface area contributed by atoms with Crippen LogP contribution >= 0.6 is 0 Å². The molecule has 1 aliphatic rings. The normalized spacial score (nSPS) is 16.0. The number of nitrogen functional groups attached to an aromatic ring is 1. The first-order chi connectivity index (χ1) is 9.75. The Morgan fingerprint density at radius 2 is 1.90 bits per heavy atom. The summed E-state index contributed by atoms with van der Waals surface area (Å²) in [5, 5.41) is 2.90. The molecule has 4 nitrogen and oxygen atoms in total. The summed E-state index contributed by atoms with van der Waals surface area (Å²) < 4.78 is 5.82. The van der Waals surface area contributed by atoms with Crippen molar-refractivity contribution in [1.82, 2.24) is 5.32 Å². The molecular formula is C16H24N2O2. The molecule has 20 heavy (non-hydrogen) atoms. The number of benzene rings is 1. The van der Waals surface area contributed by atoms with Crippen LogP contribution in [0.3, 0.4) is 0 Å². The van der Waals surface area contributed by atoms with E-state index in [1.165, 1.54) is 32.1 Å². The van der Waals surface area contributed by atoms with Gasteiger partial charge in [0.25, 0.3) is 5.91 Å². The van der Waals surface area contributed by atoms with Gasteiger partial charge in [-0.2, -0.15) is 0 Å². The number of nitrogens with one attached hydrogen (secondary N) is 1. The highest BCUT2D eigenvalue weighted by Gasteiger charge is 2.13. The summed E-state index contributed by atoms with van der Waals surface area (Å²) in [5.41, 5.74) is 6.90. The first-order valence-corrected chi connectivity index (χ1v) is 7.51. The first-order valence-electron chi connectivity index (χ1n) is 7.51. The summed E-state index contributed by atoms with van der Waals surface area (Å²) >= 11 is 0. The van der Waals surface area contributed by atoms with E-state index in [1.54, 1.807) is 24.3 Å². The standard InChI is InChI=1S/C16H24N2O2/c17-14-9-7-13(8-10-14)16(19)18-11-4-12-20-15-5-2-1-3-6-15/h7-10,15H,1-6,11-12,17H2,(H,18,19). The lowest BCUT2D eigenvalue weighted by atomic mass is 9.98. The number of carbonyl (C=O) groups excluding carboxylic acids is 1. The molecule has 4 heteroatoms. The maximum Gasteiger partial charge on any atom is 0.251 e.